The Bertz CT molecular complexity index is 1730. The number of nitriles is 1. The van der Waals surface area contributed by atoms with Gasteiger partial charge in [-0.2, -0.15) is 40.2 Å². The third kappa shape index (κ3) is 5.35. The van der Waals surface area contributed by atoms with E-state index in [9.17, 15) is 27.2 Å². The molecule has 2 aromatic carbocycles. The lowest BCUT2D eigenvalue weighted by atomic mass is 9.87. The molecule has 3 saturated heterocycles. The highest BCUT2D eigenvalue weighted by Crippen LogP contribution is 2.52. The van der Waals surface area contributed by atoms with Crippen molar-refractivity contribution in [2.24, 2.45) is 5.73 Å². The second-order valence-electron chi connectivity index (χ2n) is 12.2. The number of thioether (sulfide) groups is 2. The van der Waals surface area contributed by atoms with E-state index in [-0.39, 0.29) is 46.3 Å². The zero-order valence-electron chi connectivity index (χ0n) is 24.5. The Morgan fingerprint density at radius 3 is 2.74 bits per heavy atom. The van der Waals surface area contributed by atoms with Crippen LogP contribution in [-0.2, 0) is 6.18 Å². The largest absolute Gasteiger partial charge is 0.461 e. The number of anilines is 1. The zero-order valence-corrected chi connectivity index (χ0v) is 26.2. The predicted octanol–water partition coefficient (Wildman–Crippen LogP) is 6.49. The van der Waals surface area contributed by atoms with Crippen LogP contribution in [0.5, 0.6) is 6.01 Å². The van der Waals surface area contributed by atoms with E-state index < -0.39 is 57.5 Å². The standard InChI is InChI=1S/C31H30F6N6OS2/c32-16-12-30(5-1-7-43(30)14-16)15-44-29-40-25-18(28(41-29)42-6-2-9-45-10-8-42)11-20(31(35,36)37)23(24(25)34)17-3-4-21(33)26-22(17)19(13-38)27(39)46-26/h3-4,11,16,19,27H,1-2,5-10,12,14-15,39H2. The summed E-state index contributed by atoms with van der Waals surface area (Å²) in [5.41, 5.74) is 2.62. The summed E-state index contributed by atoms with van der Waals surface area (Å²) >= 11 is 2.53. The van der Waals surface area contributed by atoms with Crippen molar-refractivity contribution in [2.45, 2.75) is 59.8 Å². The molecule has 0 saturated carbocycles. The molecule has 7 nitrogen and oxygen atoms in total. The van der Waals surface area contributed by atoms with E-state index in [0.717, 1.165) is 55.1 Å². The Morgan fingerprint density at radius 1 is 1.13 bits per heavy atom. The minimum Gasteiger partial charge on any atom is -0.461 e. The van der Waals surface area contributed by atoms with E-state index in [1.807, 2.05) is 15.9 Å². The van der Waals surface area contributed by atoms with Crippen LogP contribution in [0.2, 0.25) is 0 Å². The average Bonchev–Trinajstić information content (AvgIpc) is 3.56. The van der Waals surface area contributed by atoms with Crippen molar-refractivity contribution in [3.8, 4) is 23.2 Å². The molecule has 7 rings (SSSR count). The molecule has 0 radical (unpaired) electrons. The van der Waals surface area contributed by atoms with Gasteiger partial charge in [0.05, 0.1) is 28.5 Å². The second kappa shape index (κ2) is 11.9. The van der Waals surface area contributed by atoms with Gasteiger partial charge in [0.2, 0.25) is 0 Å². The number of nitrogens with two attached hydrogens (primary N) is 1. The number of benzene rings is 2. The van der Waals surface area contributed by atoms with Gasteiger partial charge in [0.25, 0.3) is 0 Å². The smallest absolute Gasteiger partial charge is 0.417 e. The highest BCUT2D eigenvalue weighted by Gasteiger charge is 2.49. The number of fused-ring (bicyclic) bond motifs is 3. The highest BCUT2D eigenvalue weighted by molar-refractivity contribution is 8.00. The molecule has 15 heteroatoms. The van der Waals surface area contributed by atoms with Gasteiger partial charge in [-0.3, -0.25) is 4.90 Å². The SMILES string of the molecule is N#CC1c2c(-c3c(C(F)(F)F)cc4c(N5CCCSCC5)nc(OCC56CCCN5CC(F)C6)nc4c3F)ccc(F)c2SC1N. The Morgan fingerprint density at radius 2 is 1.96 bits per heavy atom. The second-order valence-corrected chi connectivity index (χ2v) is 14.6. The lowest BCUT2D eigenvalue weighted by molar-refractivity contribution is -0.137. The molecular formula is C31H30F6N6OS2. The molecule has 0 aliphatic carbocycles. The maximum absolute atomic E-state index is 16.9. The fourth-order valence-corrected chi connectivity index (χ4v) is 9.35. The van der Waals surface area contributed by atoms with Gasteiger partial charge >= 0.3 is 12.2 Å². The summed E-state index contributed by atoms with van der Waals surface area (Å²) in [7, 11) is 0. The van der Waals surface area contributed by atoms with E-state index in [0.29, 0.717) is 31.8 Å². The topological polar surface area (TPSA) is 91.3 Å². The van der Waals surface area contributed by atoms with Crippen LogP contribution < -0.4 is 15.4 Å². The molecule has 0 bridgehead atoms. The number of hydrogen-bond acceptors (Lipinski definition) is 9. The Kier molecular flexibility index (Phi) is 8.22. The van der Waals surface area contributed by atoms with Crippen molar-refractivity contribution in [2.75, 3.05) is 49.2 Å². The number of halogens is 6. The molecule has 2 N–H and O–H groups in total. The minimum atomic E-state index is -5.03. The first-order chi connectivity index (χ1) is 22.0. The van der Waals surface area contributed by atoms with Crippen molar-refractivity contribution < 1.29 is 31.1 Å². The monoisotopic (exact) mass is 680 g/mol. The summed E-state index contributed by atoms with van der Waals surface area (Å²) in [5, 5.41) is 8.75. The van der Waals surface area contributed by atoms with Crippen LogP contribution in [0.1, 0.15) is 42.7 Å². The molecule has 4 atom stereocenters. The normalized spacial score (nSPS) is 26.7. The summed E-state index contributed by atoms with van der Waals surface area (Å²) in [6.45, 7) is 2.02. The average molecular weight is 681 g/mol. The highest BCUT2D eigenvalue weighted by atomic mass is 32.2. The molecule has 4 unspecified atom stereocenters. The molecular weight excluding hydrogens is 651 g/mol. The third-order valence-electron chi connectivity index (χ3n) is 9.40. The van der Waals surface area contributed by atoms with Crippen molar-refractivity contribution >= 4 is 40.2 Å². The first kappa shape index (κ1) is 31.7. The number of rotatable bonds is 5. The van der Waals surface area contributed by atoms with E-state index in [4.69, 9.17) is 10.5 Å². The Labute approximate surface area is 269 Å². The van der Waals surface area contributed by atoms with Crippen LogP contribution in [0.25, 0.3) is 22.0 Å². The lowest BCUT2D eigenvalue weighted by Crippen LogP contribution is -2.43. The minimum absolute atomic E-state index is 0.0494. The van der Waals surface area contributed by atoms with Gasteiger partial charge in [-0.15, -0.1) is 11.8 Å². The summed E-state index contributed by atoms with van der Waals surface area (Å²) in [5.74, 6) is -1.55. The van der Waals surface area contributed by atoms with Gasteiger partial charge in [0.1, 0.15) is 29.9 Å². The van der Waals surface area contributed by atoms with Gasteiger partial charge in [-0.05, 0) is 54.8 Å². The molecule has 0 amide bonds. The Balaban J connectivity index is 1.43. The van der Waals surface area contributed by atoms with Crippen LogP contribution in [0.3, 0.4) is 0 Å². The Hall–Kier alpha value is -2.93. The molecule has 3 fully saturated rings. The fraction of sp³-hybridized carbons (Fsp3) is 0.516. The molecule has 46 heavy (non-hydrogen) atoms. The van der Waals surface area contributed by atoms with Crippen molar-refractivity contribution in [3.63, 3.8) is 0 Å². The van der Waals surface area contributed by atoms with E-state index in [1.165, 1.54) is 0 Å². The number of hydrogen-bond donors (Lipinski definition) is 1. The quantitative estimate of drug-likeness (QED) is 0.304. The van der Waals surface area contributed by atoms with Crippen molar-refractivity contribution in [3.05, 3.63) is 41.0 Å². The van der Waals surface area contributed by atoms with Gasteiger partial charge in [-0.1, -0.05) is 6.07 Å². The number of aromatic nitrogens is 2. The number of alkyl halides is 4. The molecule has 1 aromatic heterocycles. The van der Waals surface area contributed by atoms with Crippen LogP contribution >= 0.6 is 23.5 Å². The van der Waals surface area contributed by atoms with Gasteiger partial charge in [0.15, 0.2) is 5.82 Å². The number of nitrogens with zero attached hydrogens (tertiary/aromatic N) is 5. The maximum Gasteiger partial charge on any atom is 0.417 e. The number of ether oxygens (including phenoxy) is 1. The van der Waals surface area contributed by atoms with Crippen LogP contribution in [-0.4, -0.2) is 76.2 Å². The van der Waals surface area contributed by atoms with E-state index in [1.54, 1.807) is 11.8 Å². The lowest BCUT2D eigenvalue weighted by Gasteiger charge is -2.31. The third-order valence-corrected chi connectivity index (χ3v) is 11.6. The molecule has 244 valence electrons. The zero-order chi connectivity index (χ0) is 32.4. The molecule has 5 heterocycles. The van der Waals surface area contributed by atoms with E-state index in [2.05, 4.69) is 9.97 Å². The maximum atomic E-state index is 16.9. The van der Waals surface area contributed by atoms with Crippen molar-refractivity contribution in [1.82, 2.24) is 14.9 Å². The molecule has 3 aromatic rings. The first-order valence-corrected chi connectivity index (χ1v) is 17.1. The van der Waals surface area contributed by atoms with Gasteiger partial charge in [0, 0.05) is 47.7 Å². The fourth-order valence-electron chi connectivity index (χ4n) is 7.31. The summed E-state index contributed by atoms with van der Waals surface area (Å²) in [6.07, 6.45) is -3.44. The molecule has 4 aliphatic rings. The van der Waals surface area contributed by atoms with Crippen LogP contribution in [0, 0.1) is 23.0 Å². The van der Waals surface area contributed by atoms with E-state index >= 15 is 4.39 Å². The first-order valence-electron chi connectivity index (χ1n) is 15.1. The van der Waals surface area contributed by atoms with Crippen LogP contribution in [0.4, 0.5) is 32.2 Å². The summed E-state index contributed by atoms with van der Waals surface area (Å²) in [6, 6.07) is 4.59. The summed E-state index contributed by atoms with van der Waals surface area (Å²) < 4.78 is 96.8. The molecule has 4 aliphatic heterocycles. The predicted molar refractivity (Wildman–Crippen MR) is 165 cm³/mol. The van der Waals surface area contributed by atoms with Gasteiger partial charge < -0.3 is 15.4 Å². The van der Waals surface area contributed by atoms with Gasteiger partial charge in [-0.25, -0.2) is 13.2 Å². The molecule has 0 spiro atoms. The van der Waals surface area contributed by atoms with Crippen LogP contribution in [0.15, 0.2) is 23.1 Å². The summed E-state index contributed by atoms with van der Waals surface area (Å²) in [4.78, 5) is 12.7. The van der Waals surface area contributed by atoms with Crippen molar-refractivity contribution in [1.29, 1.82) is 5.26 Å².